The smallest absolute Gasteiger partial charge is 0.190 e. The van der Waals surface area contributed by atoms with Crippen LogP contribution in [0.25, 0.3) is 0 Å². The monoisotopic (exact) mass is 366 g/mol. The Hall–Kier alpha value is -1.86. The van der Waals surface area contributed by atoms with Gasteiger partial charge < -0.3 is 25.0 Å². The van der Waals surface area contributed by atoms with Gasteiger partial charge in [0.15, 0.2) is 5.96 Å². The Morgan fingerprint density at radius 1 is 1.35 bits per heavy atom. The summed E-state index contributed by atoms with van der Waals surface area (Å²) < 4.78 is 24.3. The molecule has 1 aromatic rings. The lowest BCUT2D eigenvalue weighted by atomic mass is 10.2. The predicted octanol–water partition coefficient (Wildman–Crippen LogP) is 2.01. The molecular formula is C19H31FN4O2. The van der Waals surface area contributed by atoms with Crippen LogP contribution < -0.4 is 15.5 Å². The van der Waals surface area contributed by atoms with Crippen molar-refractivity contribution in [2.45, 2.75) is 25.4 Å². The highest BCUT2D eigenvalue weighted by Crippen LogP contribution is 2.13. The molecule has 0 saturated carbocycles. The first-order valence-electron chi connectivity index (χ1n) is 9.29. The van der Waals surface area contributed by atoms with E-state index >= 15 is 0 Å². The minimum Gasteiger partial charge on any atom is -0.379 e. The zero-order chi connectivity index (χ0) is 18.6. The van der Waals surface area contributed by atoms with Crippen LogP contribution in [-0.2, 0) is 9.47 Å². The number of anilines is 1. The second kappa shape index (κ2) is 11.7. The van der Waals surface area contributed by atoms with Crippen molar-refractivity contribution in [3.63, 3.8) is 0 Å². The third kappa shape index (κ3) is 7.58. The molecular weight excluding hydrogens is 335 g/mol. The Morgan fingerprint density at radius 3 is 2.85 bits per heavy atom. The molecule has 1 aromatic carbocycles. The molecule has 0 radical (unpaired) electrons. The first kappa shape index (κ1) is 20.5. The molecule has 1 aliphatic heterocycles. The Bertz CT molecular complexity index is 550. The second-order valence-electron chi connectivity index (χ2n) is 6.39. The van der Waals surface area contributed by atoms with Gasteiger partial charge in [-0.15, -0.1) is 0 Å². The second-order valence-corrected chi connectivity index (χ2v) is 6.39. The third-order valence-corrected chi connectivity index (χ3v) is 4.29. The fraction of sp³-hybridized carbons (Fsp3) is 0.632. The summed E-state index contributed by atoms with van der Waals surface area (Å²) in [4.78, 5) is 6.27. The van der Waals surface area contributed by atoms with Crippen LogP contribution >= 0.6 is 0 Å². The number of hydrogen-bond acceptors (Lipinski definition) is 4. The number of nitrogens with one attached hydrogen (secondary N) is 2. The minimum absolute atomic E-state index is 0.207. The molecule has 0 spiro atoms. The molecule has 6 nitrogen and oxygen atoms in total. The fourth-order valence-electron chi connectivity index (χ4n) is 2.76. The van der Waals surface area contributed by atoms with Crippen molar-refractivity contribution in [2.75, 3.05) is 58.5 Å². The summed E-state index contributed by atoms with van der Waals surface area (Å²) in [5.41, 5.74) is 0.889. The molecule has 1 fully saturated rings. The molecule has 2 rings (SSSR count). The number of halogens is 1. The first-order valence-corrected chi connectivity index (χ1v) is 9.29. The maximum atomic E-state index is 13.3. The lowest BCUT2D eigenvalue weighted by molar-refractivity contribution is 0.0420. The van der Waals surface area contributed by atoms with Gasteiger partial charge in [0.2, 0.25) is 0 Å². The fourth-order valence-corrected chi connectivity index (χ4v) is 2.76. The molecule has 1 aliphatic rings. The number of benzene rings is 1. The summed E-state index contributed by atoms with van der Waals surface area (Å²) >= 11 is 0. The molecule has 1 saturated heterocycles. The van der Waals surface area contributed by atoms with Crippen LogP contribution in [0.5, 0.6) is 0 Å². The van der Waals surface area contributed by atoms with Gasteiger partial charge in [0.1, 0.15) is 5.82 Å². The van der Waals surface area contributed by atoms with E-state index in [0.717, 1.165) is 70.4 Å². The van der Waals surface area contributed by atoms with Crippen LogP contribution in [0.1, 0.15) is 19.3 Å². The number of nitrogens with zero attached hydrogens (tertiary/aromatic N) is 2. The molecule has 0 aliphatic carbocycles. The molecule has 146 valence electrons. The van der Waals surface area contributed by atoms with Gasteiger partial charge in [-0.05, 0) is 37.5 Å². The van der Waals surface area contributed by atoms with Crippen molar-refractivity contribution >= 4 is 11.6 Å². The quantitative estimate of drug-likeness (QED) is 0.377. The minimum atomic E-state index is -0.207. The molecule has 1 atom stereocenters. The van der Waals surface area contributed by atoms with Gasteiger partial charge in [-0.1, -0.05) is 6.07 Å². The number of rotatable bonds is 10. The summed E-state index contributed by atoms with van der Waals surface area (Å²) in [5, 5.41) is 6.58. The zero-order valence-corrected chi connectivity index (χ0v) is 15.8. The van der Waals surface area contributed by atoms with Gasteiger partial charge >= 0.3 is 0 Å². The Balaban J connectivity index is 1.52. The third-order valence-electron chi connectivity index (χ3n) is 4.29. The lowest BCUT2D eigenvalue weighted by Gasteiger charge is -2.20. The van der Waals surface area contributed by atoms with Crippen LogP contribution in [0.15, 0.2) is 29.3 Å². The van der Waals surface area contributed by atoms with E-state index in [9.17, 15) is 4.39 Å². The van der Waals surface area contributed by atoms with Gasteiger partial charge in [0.25, 0.3) is 0 Å². The van der Waals surface area contributed by atoms with Gasteiger partial charge in [-0.25, -0.2) is 4.39 Å². The van der Waals surface area contributed by atoms with E-state index in [1.165, 1.54) is 6.07 Å². The van der Waals surface area contributed by atoms with Crippen molar-refractivity contribution in [1.82, 2.24) is 10.6 Å². The van der Waals surface area contributed by atoms with E-state index in [1.807, 2.05) is 18.0 Å². The molecule has 1 unspecified atom stereocenters. The Labute approximate surface area is 155 Å². The van der Waals surface area contributed by atoms with Gasteiger partial charge in [0.05, 0.1) is 12.7 Å². The molecule has 0 aromatic heterocycles. The highest BCUT2D eigenvalue weighted by molar-refractivity contribution is 5.79. The van der Waals surface area contributed by atoms with Crippen LogP contribution in [0.4, 0.5) is 10.1 Å². The lowest BCUT2D eigenvalue weighted by Crippen LogP contribution is -2.39. The van der Waals surface area contributed by atoms with Crippen molar-refractivity contribution in [3.05, 3.63) is 30.1 Å². The zero-order valence-electron chi connectivity index (χ0n) is 15.8. The summed E-state index contributed by atoms with van der Waals surface area (Å²) in [7, 11) is 3.73. The van der Waals surface area contributed by atoms with Crippen molar-refractivity contribution in [3.8, 4) is 0 Å². The maximum absolute atomic E-state index is 13.3. The highest BCUT2D eigenvalue weighted by Gasteiger charge is 2.15. The Kier molecular flexibility index (Phi) is 9.20. The van der Waals surface area contributed by atoms with Crippen molar-refractivity contribution < 1.29 is 13.9 Å². The maximum Gasteiger partial charge on any atom is 0.190 e. The molecule has 26 heavy (non-hydrogen) atoms. The average Bonchev–Trinajstić information content (AvgIpc) is 3.16. The van der Waals surface area contributed by atoms with E-state index in [4.69, 9.17) is 9.47 Å². The van der Waals surface area contributed by atoms with Crippen LogP contribution in [-0.4, -0.2) is 65.6 Å². The molecule has 0 bridgehead atoms. The molecule has 1 heterocycles. The van der Waals surface area contributed by atoms with E-state index in [0.29, 0.717) is 0 Å². The summed E-state index contributed by atoms with van der Waals surface area (Å²) in [6, 6.07) is 6.65. The van der Waals surface area contributed by atoms with Crippen LogP contribution in [0.3, 0.4) is 0 Å². The molecule has 2 N–H and O–H groups in total. The summed E-state index contributed by atoms with van der Waals surface area (Å²) in [6.07, 6.45) is 3.13. The molecule has 0 amide bonds. The van der Waals surface area contributed by atoms with E-state index in [1.54, 1.807) is 19.2 Å². The average molecular weight is 366 g/mol. The van der Waals surface area contributed by atoms with Crippen LogP contribution in [0.2, 0.25) is 0 Å². The highest BCUT2D eigenvalue weighted by atomic mass is 19.1. The standard InChI is InChI=1S/C19H31FN4O2/c1-21-19(23-10-5-12-26-18-8-13-25-15-18)22-9-4-11-24(2)17-7-3-6-16(20)14-17/h3,6-7,14,18H,4-5,8-13,15H2,1-2H3,(H2,21,22,23). The first-order chi connectivity index (χ1) is 12.7. The van der Waals surface area contributed by atoms with Gasteiger partial charge in [-0.3, -0.25) is 4.99 Å². The number of hydrogen-bond donors (Lipinski definition) is 2. The SMILES string of the molecule is CN=C(NCCCOC1CCOC1)NCCCN(C)c1cccc(F)c1. The molecule has 7 heteroatoms. The largest absolute Gasteiger partial charge is 0.379 e. The van der Waals surface area contributed by atoms with Gasteiger partial charge in [0, 0.05) is 52.6 Å². The predicted molar refractivity (Wildman–Crippen MR) is 103 cm³/mol. The normalized spacial score (nSPS) is 17.3. The van der Waals surface area contributed by atoms with Crippen LogP contribution in [0, 0.1) is 5.82 Å². The van der Waals surface area contributed by atoms with Crippen molar-refractivity contribution in [2.24, 2.45) is 4.99 Å². The number of aliphatic imine (C=N–C) groups is 1. The van der Waals surface area contributed by atoms with E-state index in [2.05, 4.69) is 15.6 Å². The summed E-state index contributed by atoms with van der Waals surface area (Å²) in [5.74, 6) is 0.587. The Morgan fingerprint density at radius 2 is 2.15 bits per heavy atom. The summed E-state index contributed by atoms with van der Waals surface area (Å²) in [6.45, 7) is 4.72. The van der Waals surface area contributed by atoms with E-state index in [-0.39, 0.29) is 11.9 Å². The topological polar surface area (TPSA) is 58.1 Å². The van der Waals surface area contributed by atoms with Crippen molar-refractivity contribution in [1.29, 1.82) is 0 Å². The number of guanidine groups is 1. The number of ether oxygens (including phenoxy) is 2. The van der Waals surface area contributed by atoms with Gasteiger partial charge in [-0.2, -0.15) is 0 Å². The van der Waals surface area contributed by atoms with E-state index < -0.39 is 0 Å².